The van der Waals surface area contributed by atoms with Gasteiger partial charge in [0.2, 0.25) is 0 Å². The van der Waals surface area contributed by atoms with E-state index in [0.717, 1.165) is 35.1 Å². The predicted octanol–water partition coefficient (Wildman–Crippen LogP) is 1.77. The Labute approximate surface area is 184 Å². The van der Waals surface area contributed by atoms with E-state index in [1.165, 1.54) is 11.1 Å². The van der Waals surface area contributed by atoms with Crippen molar-refractivity contribution >= 4 is 7.82 Å². The predicted molar refractivity (Wildman–Crippen MR) is 102 cm³/mol. The quantitative estimate of drug-likeness (QED) is 0.584. The molecule has 0 unspecified atom stereocenters. The fourth-order valence-electron chi connectivity index (χ4n) is 3.53. The molecule has 1 aliphatic rings. The van der Waals surface area contributed by atoms with Crippen molar-refractivity contribution in [2.75, 3.05) is 0 Å². The van der Waals surface area contributed by atoms with Crippen LogP contribution in [0.15, 0.2) is 24.3 Å². The molecule has 0 spiro atoms. The van der Waals surface area contributed by atoms with Crippen molar-refractivity contribution in [3.63, 3.8) is 0 Å². The number of hydrogen-bond acceptors (Lipinski definition) is 4. The Bertz CT molecular complexity index is 811. The largest absolute Gasteiger partial charge is 1.00 e. The molecule has 2 aromatic carbocycles. The molecule has 0 atom stereocenters. The average Bonchev–Trinajstić information content (AvgIpc) is 2.62. The number of phosphoric ester groups is 1. The normalized spacial score (nSPS) is 14.6. The SMILES string of the molecule is CCc1cc(CC)c2c(c1)Cc1cc(CC)cc(CC)c1OP(=O)([O-])O2.[Na+]. The van der Waals surface area contributed by atoms with E-state index >= 15 is 0 Å². The average molecular weight is 396 g/mol. The summed E-state index contributed by atoms with van der Waals surface area (Å²) in [5.41, 5.74) is 6.02. The van der Waals surface area contributed by atoms with Crippen molar-refractivity contribution in [3.8, 4) is 11.5 Å². The van der Waals surface area contributed by atoms with Crippen molar-refractivity contribution < 1.29 is 48.1 Å². The van der Waals surface area contributed by atoms with Crippen LogP contribution in [-0.2, 0) is 36.7 Å². The summed E-state index contributed by atoms with van der Waals surface area (Å²) < 4.78 is 23.5. The molecule has 0 fully saturated rings. The van der Waals surface area contributed by atoms with E-state index in [1.54, 1.807) is 0 Å². The second-order valence-corrected chi connectivity index (χ2v) is 7.97. The number of hydrogen-bond donors (Lipinski definition) is 0. The molecule has 1 aliphatic heterocycles. The summed E-state index contributed by atoms with van der Waals surface area (Å²) in [7, 11) is -4.50. The van der Waals surface area contributed by atoms with Gasteiger partial charge in [-0.15, -0.1) is 0 Å². The first-order valence-electron chi connectivity index (χ1n) is 9.40. The van der Waals surface area contributed by atoms with Crippen LogP contribution < -0.4 is 43.5 Å². The van der Waals surface area contributed by atoms with Gasteiger partial charge in [-0.05, 0) is 59.1 Å². The van der Waals surface area contributed by atoms with E-state index < -0.39 is 7.82 Å². The van der Waals surface area contributed by atoms with E-state index in [0.29, 0.717) is 30.8 Å². The molecule has 0 aliphatic carbocycles. The van der Waals surface area contributed by atoms with Crippen LogP contribution in [0.4, 0.5) is 0 Å². The number of benzene rings is 2. The van der Waals surface area contributed by atoms with Gasteiger partial charge < -0.3 is 13.9 Å². The molecule has 0 saturated heterocycles. The standard InChI is InChI=1S/C21H27O4P.Na/c1-5-14-9-16(7-3)20-18(11-14)13-19-12-15(6-2)10-17(8-4)21(19)25-26(22,23)24-20;/h9-12H,5-8,13H2,1-4H3,(H,22,23);/q;+1/p-1. The Morgan fingerprint density at radius 1 is 0.815 bits per heavy atom. The number of fused-ring (bicyclic) bond motifs is 2. The van der Waals surface area contributed by atoms with Gasteiger partial charge in [-0.2, -0.15) is 0 Å². The van der Waals surface area contributed by atoms with Gasteiger partial charge in [0.15, 0.2) is 0 Å². The summed E-state index contributed by atoms with van der Waals surface area (Å²) in [5, 5.41) is 0. The first-order chi connectivity index (χ1) is 12.4. The molecule has 0 bridgehead atoms. The van der Waals surface area contributed by atoms with Crippen LogP contribution in [0.25, 0.3) is 0 Å². The van der Waals surface area contributed by atoms with Crippen molar-refractivity contribution in [1.29, 1.82) is 0 Å². The Kier molecular flexibility index (Phi) is 7.63. The maximum absolute atomic E-state index is 12.6. The van der Waals surface area contributed by atoms with Gasteiger partial charge in [-0.1, -0.05) is 52.0 Å². The van der Waals surface area contributed by atoms with Crippen molar-refractivity contribution in [1.82, 2.24) is 0 Å². The molecule has 0 saturated carbocycles. The van der Waals surface area contributed by atoms with E-state index in [4.69, 9.17) is 9.05 Å². The molecule has 0 amide bonds. The minimum Gasteiger partial charge on any atom is -0.736 e. The summed E-state index contributed by atoms with van der Waals surface area (Å²) in [6.07, 6.45) is 3.81. The van der Waals surface area contributed by atoms with E-state index in [1.807, 2.05) is 26.0 Å². The van der Waals surface area contributed by atoms with Crippen LogP contribution in [0.2, 0.25) is 0 Å². The summed E-state index contributed by atoms with van der Waals surface area (Å²) >= 11 is 0. The van der Waals surface area contributed by atoms with Crippen LogP contribution in [-0.4, -0.2) is 0 Å². The molecule has 4 nitrogen and oxygen atoms in total. The summed E-state index contributed by atoms with van der Waals surface area (Å²) in [5.74, 6) is 0.877. The maximum atomic E-state index is 12.6. The molecule has 6 heteroatoms. The summed E-state index contributed by atoms with van der Waals surface area (Å²) in [4.78, 5) is 12.6. The van der Waals surface area contributed by atoms with Crippen LogP contribution in [0.5, 0.6) is 11.5 Å². The van der Waals surface area contributed by atoms with Crippen molar-refractivity contribution in [2.45, 2.75) is 59.8 Å². The maximum Gasteiger partial charge on any atom is 1.00 e. The third kappa shape index (κ3) is 4.81. The molecule has 27 heavy (non-hydrogen) atoms. The zero-order valence-electron chi connectivity index (χ0n) is 16.9. The van der Waals surface area contributed by atoms with Gasteiger partial charge in [0.05, 0.1) is 0 Å². The molecule has 3 rings (SSSR count). The third-order valence-electron chi connectivity index (χ3n) is 4.97. The smallest absolute Gasteiger partial charge is 0.736 e. The van der Waals surface area contributed by atoms with Crippen molar-refractivity contribution in [3.05, 3.63) is 57.6 Å². The molecule has 0 aromatic heterocycles. The van der Waals surface area contributed by atoms with Gasteiger partial charge >= 0.3 is 37.4 Å². The van der Waals surface area contributed by atoms with Gasteiger partial charge in [0, 0.05) is 6.42 Å². The summed E-state index contributed by atoms with van der Waals surface area (Å²) in [6, 6.07) is 8.18. The molecule has 1 heterocycles. The van der Waals surface area contributed by atoms with E-state index in [2.05, 4.69) is 26.0 Å². The minimum absolute atomic E-state index is 0. The van der Waals surface area contributed by atoms with Gasteiger partial charge in [-0.25, -0.2) is 4.57 Å². The Hall–Kier alpha value is -0.770. The monoisotopic (exact) mass is 396 g/mol. The minimum atomic E-state index is -4.50. The Morgan fingerprint density at radius 2 is 1.22 bits per heavy atom. The molecular formula is C21H26NaO4P. The second-order valence-electron chi connectivity index (χ2n) is 6.71. The fourth-order valence-corrected chi connectivity index (χ4v) is 4.48. The molecule has 2 aromatic rings. The number of rotatable bonds is 4. The van der Waals surface area contributed by atoms with Gasteiger partial charge in [-0.3, -0.25) is 0 Å². The van der Waals surface area contributed by atoms with Crippen molar-refractivity contribution in [2.24, 2.45) is 0 Å². The van der Waals surface area contributed by atoms with E-state index in [9.17, 15) is 9.46 Å². The topological polar surface area (TPSA) is 58.6 Å². The zero-order valence-corrected chi connectivity index (χ0v) is 19.8. The van der Waals surface area contributed by atoms with Gasteiger partial charge in [0.1, 0.15) is 11.5 Å². The first kappa shape index (κ1) is 22.5. The number of phosphoric acid groups is 1. The fraction of sp³-hybridized carbons (Fsp3) is 0.429. The molecule has 0 N–H and O–H groups in total. The molecular weight excluding hydrogens is 370 g/mol. The zero-order chi connectivity index (χ0) is 18.9. The third-order valence-corrected chi connectivity index (χ3v) is 5.78. The van der Waals surface area contributed by atoms with Gasteiger partial charge in [0.25, 0.3) is 0 Å². The summed E-state index contributed by atoms with van der Waals surface area (Å²) in [6.45, 7) is 8.22. The van der Waals surface area contributed by atoms with Crippen LogP contribution >= 0.6 is 7.82 Å². The Morgan fingerprint density at radius 3 is 1.56 bits per heavy atom. The molecule has 140 valence electrons. The van der Waals surface area contributed by atoms with Crippen LogP contribution in [0, 0.1) is 0 Å². The second kappa shape index (κ2) is 9.15. The van der Waals surface area contributed by atoms with E-state index in [-0.39, 0.29) is 29.6 Å². The Balaban J connectivity index is 0.00000261. The van der Waals surface area contributed by atoms with Crippen LogP contribution in [0.1, 0.15) is 61.1 Å². The first-order valence-corrected chi connectivity index (χ1v) is 10.9. The number of aryl methyl sites for hydroxylation is 4. The molecule has 0 radical (unpaired) electrons. The van der Waals surface area contributed by atoms with Crippen LogP contribution in [0.3, 0.4) is 0 Å².